The topological polar surface area (TPSA) is 27.7 Å². The first-order valence-corrected chi connectivity index (χ1v) is 15.9. The van der Waals surface area contributed by atoms with E-state index in [-0.39, 0.29) is 23.7 Å². The summed E-state index contributed by atoms with van der Waals surface area (Å²) >= 11 is 0. The van der Waals surface area contributed by atoms with Gasteiger partial charge in [0.05, 0.1) is 11.7 Å². The van der Waals surface area contributed by atoms with E-state index in [0.29, 0.717) is 48.1 Å². The summed E-state index contributed by atoms with van der Waals surface area (Å²) in [5.74, 6) is -0.370. The van der Waals surface area contributed by atoms with Crippen molar-refractivity contribution < 1.29 is 31.5 Å². The van der Waals surface area contributed by atoms with Crippen molar-refractivity contribution in [3.05, 3.63) is 64.5 Å². The van der Waals surface area contributed by atoms with Gasteiger partial charge >= 0.3 is 6.18 Å². The molecule has 0 radical (unpaired) electrons. The van der Waals surface area contributed by atoms with E-state index >= 15 is 0 Å². The molecular weight excluding hydrogens is 512 g/mol. The molecule has 8 heteroatoms. The molecule has 0 bridgehead atoms. The Morgan fingerprint density at radius 1 is 0.947 bits per heavy atom. The molecule has 38 heavy (non-hydrogen) atoms. The Hall–Kier alpha value is -1.90. The Labute approximate surface area is 226 Å². The third-order valence-corrected chi connectivity index (χ3v) is 14.0. The molecule has 0 fully saturated rings. The molecule has 0 N–H and O–H groups in total. The average Bonchev–Trinajstić information content (AvgIpc) is 3.22. The van der Waals surface area contributed by atoms with Gasteiger partial charge in [0, 0.05) is 13.2 Å². The van der Waals surface area contributed by atoms with Crippen LogP contribution in [-0.4, -0.2) is 21.5 Å². The van der Waals surface area contributed by atoms with Crippen molar-refractivity contribution in [2.24, 2.45) is 0 Å². The van der Waals surface area contributed by atoms with Gasteiger partial charge in [0.25, 0.3) is 0 Å². The predicted octanol–water partition coefficient (Wildman–Crippen LogP) is 9.57. The van der Waals surface area contributed by atoms with Gasteiger partial charge in [0.1, 0.15) is 17.7 Å². The number of ether oxygens (including phenoxy) is 2. The van der Waals surface area contributed by atoms with Gasteiger partial charge in [-0.3, -0.25) is 0 Å². The molecule has 0 aliphatic heterocycles. The lowest BCUT2D eigenvalue weighted by Crippen LogP contribution is -2.48. The highest BCUT2D eigenvalue weighted by molar-refractivity contribution is 6.77. The molecule has 1 aliphatic carbocycles. The first-order valence-electron chi connectivity index (χ1n) is 13.7. The van der Waals surface area contributed by atoms with Crippen LogP contribution < -0.4 is 4.74 Å². The van der Waals surface area contributed by atoms with Gasteiger partial charge in [-0.2, -0.15) is 13.2 Å². The summed E-state index contributed by atoms with van der Waals surface area (Å²) in [5, 5.41) is 0. The fourth-order valence-electron chi connectivity index (χ4n) is 6.35. The van der Waals surface area contributed by atoms with Crippen LogP contribution in [0.15, 0.2) is 36.4 Å². The molecule has 0 heterocycles. The normalized spacial score (nSPS) is 16.9. The van der Waals surface area contributed by atoms with Crippen LogP contribution in [0.5, 0.6) is 5.75 Å². The number of rotatable bonds is 12. The molecule has 0 amide bonds. The van der Waals surface area contributed by atoms with Crippen LogP contribution in [0.3, 0.4) is 0 Å². The number of hydrogen-bond donors (Lipinski definition) is 0. The van der Waals surface area contributed by atoms with Gasteiger partial charge in [0.2, 0.25) is 0 Å². The summed E-state index contributed by atoms with van der Waals surface area (Å²) in [6.45, 7) is 16.8. The Balaban J connectivity index is 1.71. The molecule has 0 aromatic heterocycles. The van der Waals surface area contributed by atoms with E-state index in [1.807, 2.05) is 19.1 Å². The van der Waals surface area contributed by atoms with Crippen molar-refractivity contribution in [1.82, 2.24) is 0 Å². The summed E-state index contributed by atoms with van der Waals surface area (Å²) in [7, 11) is -1.97. The van der Waals surface area contributed by atoms with Crippen LogP contribution in [0.1, 0.15) is 95.8 Å². The lowest BCUT2D eigenvalue weighted by molar-refractivity contribution is -0.138. The molecule has 0 saturated heterocycles. The number of fused-ring (bicyclic) bond motifs is 1. The first kappa shape index (κ1) is 30.6. The maximum atomic E-state index is 14.0. The van der Waals surface area contributed by atoms with E-state index in [0.717, 1.165) is 18.1 Å². The number of halogens is 4. The maximum Gasteiger partial charge on any atom is 0.416 e. The Kier molecular flexibility index (Phi) is 10.1. The number of alkyl halides is 3. The summed E-state index contributed by atoms with van der Waals surface area (Å²) in [6, 6.07) is 9.20. The largest absolute Gasteiger partial charge is 0.486 e. The van der Waals surface area contributed by atoms with Gasteiger partial charge in [-0.25, -0.2) is 4.39 Å². The quantitative estimate of drug-likeness (QED) is 0.193. The smallest absolute Gasteiger partial charge is 0.416 e. The Morgan fingerprint density at radius 3 is 2.08 bits per heavy atom. The zero-order valence-corrected chi connectivity index (χ0v) is 24.6. The SMILES string of the molecule is CCO[C@@H](CCO[Si](C(C)C)(C(C)C)C(C)C)c1ccc(O[C@@H]2CCc3c2cc(F)cc3C(F)(F)F)cc1. The third kappa shape index (κ3) is 6.62. The first-order chi connectivity index (χ1) is 17.8. The van der Waals surface area contributed by atoms with Gasteiger partial charge in [-0.05, 0) is 83.8 Å². The van der Waals surface area contributed by atoms with E-state index in [2.05, 4.69) is 41.5 Å². The molecular formula is C30H42F4O3Si. The van der Waals surface area contributed by atoms with Crippen molar-refractivity contribution >= 4 is 8.32 Å². The van der Waals surface area contributed by atoms with Gasteiger partial charge < -0.3 is 13.9 Å². The van der Waals surface area contributed by atoms with Gasteiger partial charge in [0.15, 0.2) is 8.32 Å². The summed E-state index contributed by atoms with van der Waals surface area (Å²) in [5.41, 5.74) is 2.00. The molecule has 0 unspecified atom stereocenters. The van der Waals surface area contributed by atoms with E-state index < -0.39 is 32.0 Å². The van der Waals surface area contributed by atoms with Gasteiger partial charge in [-0.1, -0.05) is 53.7 Å². The highest BCUT2D eigenvalue weighted by atomic mass is 28.4. The van der Waals surface area contributed by atoms with Crippen LogP contribution in [-0.2, 0) is 21.8 Å². The average molecular weight is 555 g/mol. The van der Waals surface area contributed by atoms with Crippen LogP contribution >= 0.6 is 0 Å². The van der Waals surface area contributed by atoms with Crippen molar-refractivity contribution in [1.29, 1.82) is 0 Å². The molecule has 3 rings (SSSR count). The lowest BCUT2D eigenvalue weighted by Gasteiger charge is -2.42. The Morgan fingerprint density at radius 2 is 1.55 bits per heavy atom. The van der Waals surface area contributed by atoms with Crippen LogP contribution in [0, 0.1) is 5.82 Å². The summed E-state index contributed by atoms with van der Waals surface area (Å²) < 4.78 is 73.0. The van der Waals surface area contributed by atoms with Crippen LogP contribution in [0.4, 0.5) is 17.6 Å². The maximum absolute atomic E-state index is 14.0. The minimum atomic E-state index is -4.59. The standard InChI is InChI=1S/C30H42F4O3Si/c1-8-35-28(15-16-36-38(19(2)3,20(4)5)21(6)7)22-9-11-24(12-10-22)37-29-14-13-25-26(29)17-23(31)18-27(25)30(32,33)34/h9-12,17-21,28-29H,8,13-16H2,1-7H3/t28-,29+/m0/s1. The third-order valence-electron chi connectivity index (χ3n) is 7.90. The molecule has 0 saturated carbocycles. The van der Waals surface area contributed by atoms with E-state index in [9.17, 15) is 17.6 Å². The molecule has 2 atom stereocenters. The Bertz CT molecular complexity index is 1030. The fourth-order valence-corrected chi connectivity index (χ4v) is 11.8. The van der Waals surface area contributed by atoms with E-state index in [4.69, 9.17) is 13.9 Å². The van der Waals surface area contributed by atoms with E-state index in [1.54, 1.807) is 12.1 Å². The van der Waals surface area contributed by atoms with Crippen LogP contribution in [0.25, 0.3) is 0 Å². The van der Waals surface area contributed by atoms with Crippen LogP contribution in [0.2, 0.25) is 16.6 Å². The lowest BCUT2D eigenvalue weighted by atomic mass is 10.0. The summed E-state index contributed by atoms with van der Waals surface area (Å²) in [6.07, 6.45) is -4.05. The number of hydrogen-bond acceptors (Lipinski definition) is 3. The summed E-state index contributed by atoms with van der Waals surface area (Å²) in [4.78, 5) is 0. The molecule has 212 valence electrons. The zero-order chi connectivity index (χ0) is 28.3. The fraction of sp³-hybridized carbons (Fsp3) is 0.600. The molecule has 1 aliphatic rings. The minimum absolute atomic E-state index is 0.126. The molecule has 2 aromatic rings. The van der Waals surface area contributed by atoms with Crippen molar-refractivity contribution in [3.8, 4) is 5.75 Å². The van der Waals surface area contributed by atoms with Crippen molar-refractivity contribution in [3.63, 3.8) is 0 Å². The second-order valence-electron chi connectivity index (χ2n) is 11.1. The highest BCUT2D eigenvalue weighted by Gasteiger charge is 2.45. The second-order valence-corrected chi connectivity index (χ2v) is 16.6. The highest BCUT2D eigenvalue weighted by Crippen LogP contribution is 2.44. The van der Waals surface area contributed by atoms with Crippen molar-refractivity contribution in [2.45, 2.75) is 103 Å². The molecule has 3 nitrogen and oxygen atoms in total. The van der Waals surface area contributed by atoms with E-state index in [1.165, 1.54) is 0 Å². The molecule has 2 aromatic carbocycles. The predicted molar refractivity (Wildman–Crippen MR) is 146 cm³/mol. The van der Waals surface area contributed by atoms with Gasteiger partial charge in [-0.15, -0.1) is 0 Å². The monoisotopic (exact) mass is 554 g/mol. The second kappa shape index (κ2) is 12.5. The van der Waals surface area contributed by atoms with Crippen molar-refractivity contribution in [2.75, 3.05) is 13.2 Å². The molecule has 0 spiro atoms. The number of benzene rings is 2. The zero-order valence-electron chi connectivity index (χ0n) is 23.6. The minimum Gasteiger partial charge on any atom is -0.486 e.